The molecule has 3 aliphatic heterocycles. The lowest BCUT2D eigenvalue weighted by Gasteiger charge is -2.54. The maximum Gasteiger partial charge on any atom is 0.227 e. The fourth-order valence-corrected chi connectivity index (χ4v) is 7.36. The molecule has 2 aromatic rings. The van der Waals surface area contributed by atoms with E-state index in [0.29, 0.717) is 30.3 Å². The van der Waals surface area contributed by atoms with Crippen LogP contribution in [0.3, 0.4) is 0 Å². The van der Waals surface area contributed by atoms with Crippen LogP contribution in [0, 0.1) is 11.8 Å². The smallest absolute Gasteiger partial charge is 0.227 e. The average molecular weight is 432 g/mol. The van der Waals surface area contributed by atoms with E-state index in [1.165, 1.54) is 61.7 Å². The lowest BCUT2D eigenvalue weighted by atomic mass is 9.68. The highest BCUT2D eigenvalue weighted by Crippen LogP contribution is 2.45. The molecule has 1 aromatic carbocycles. The van der Waals surface area contributed by atoms with Crippen LogP contribution in [0.1, 0.15) is 64.0 Å². The van der Waals surface area contributed by atoms with Gasteiger partial charge in [-0.1, -0.05) is 36.3 Å². The summed E-state index contributed by atoms with van der Waals surface area (Å²) < 4.78 is 2.32. The molecule has 4 heterocycles. The molecule has 1 amide bonds. The summed E-state index contributed by atoms with van der Waals surface area (Å²) in [7, 11) is 0. The number of carbonyl (C=O) groups excluding carboxylic acids is 1. The molecule has 3 saturated heterocycles. The lowest BCUT2D eigenvalue weighted by molar-refractivity contribution is -0.135. The quantitative estimate of drug-likeness (QED) is 0.626. The van der Waals surface area contributed by atoms with Crippen molar-refractivity contribution in [2.45, 2.75) is 76.9 Å². The fourth-order valence-electron chi connectivity index (χ4n) is 7.36. The first kappa shape index (κ1) is 20.5. The minimum Gasteiger partial charge on any atom is -0.345 e. The van der Waals surface area contributed by atoms with Crippen molar-refractivity contribution in [3.63, 3.8) is 0 Å². The molecule has 0 radical (unpaired) electrons. The van der Waals surface area contributed by atoms with Gasteiger partial charge in [0.2, 0.25) is 5.91 Å². The zero-order valence-electron chi connectivity index (χ0n) is 19.7. The SMILES string of the molecule is CC(C)n1cc(CC(=O)N2CCCC3=C[C@@H]4C[C@@H](CN5CCCCC45)C32)c2ccccc21. The number of hydrogen-bond acceptors (Lipinski definition) is 2. The van der Waals surface area contributed by atoms with Gasteiger partial charge in [0, 0.05) is 42.3 Å². The Balaban J connectivity index is 1.28. The Bertz CT molecular complexity index is 1050. The number of piperidine rings is 3. The highest BCUT2D eigenvalue weighted by Gasteiger charge is 2.46. The van der Waals surface area contributed by atoms with Crippen LogP contribution in [0.2, 0.25) is 0 Å². The average Bonchev–Trinajstić information content (AvgIpc) is 3.17. The summed E-state index contributed by atoms with van der Waals surface area (Å²) in [5.74, 6) is 1.67. The van der Waals surface area contributed by atoms with Crippen molar-refractivity contribution in [1.29, 1.82) is 0 Å². The number of amides is 1. The Labute approximate surface area is 192 Å². The fraction of sp³-hybridized carbons (Fsp3) is 0.607. The summed E-state index contributed by atoms with van der Waals surface area (Å²) in [4.78, 5) is 18.8. The minimum absolute atomic E-state index is 0.325. The van der Waals surface area contributed by atoms with Crippen LogP contribution in [0.25, 0.3) is 10.9 Å². The summed E-state index contributed by atoms with van der Waals surface area (Å²) in [6.45, 7) is 7.81. The summed E-state index contributed by atoms with van der Waals surface area (Å²) in [6.07, 6.45) is 13.1. The summed E-state index contributed by atoms with van der Waals surface area (Å²) >= 11 is 0. The van der Waals surface area contributed by atoms with Crippen molar-refractivity contribution in [3.05, 3.63) is 47.7 Å². The van der Waals surface area contributed by atoms with Gasteiger partial charge in [0.15, 0.2) is 0 Å². The van der Waals surface area contributed by atoms with Crippen molar-refractivity contribution in [3.8, 4) is 0 Å². The van der Waals surface area contributed by atoms with E-state index in [4.69, 9.17) is 0 Å². The molecule has 4 nitrogen and oxygen atoms in total. The first-order valence-electron chi connectivity index (χ1n) is 12.9. The predicted molar refractivity (Wildman–Crippen MR) is 130 cm³/mol. The van der Waals surface area contributed by atoms with Gasteiger partial charge in [0.05, 0.1) is 12.5 Å². The number of para-hydroxylation sites is 1. The zero-order chi connectivity index (χ0) is 21.8. The molecule has 3 fully saturated rings. The Kier molecular flexibility index (Phi) is 5.17. The predicted octanol–water partition coefficient (Wildman–Crippen LogP) is 5.19. The van der Waals surface area contributed by atoms with Crippen LogP contribution >= 0.6 is 0 Å². The second-order valence-electron chi connectivity index (χ2n) is 10.9. The highest BCUT2D eigenvalue weighted by atomic mass is 16.2. The minimum atomic E-state index is 0.325. The molecule has 4 aliphatic rings. The summed E-state index contributed by atoms with van der Waals surface area (Å²) in [5.41, 5.74) is 4.01. The number of aromatic nitrogens is 1. The van der Waals surface area contributed by atoms with E-state index >= 15 is 0 Å². The lowest BCUT2D eigenvalue weighted by Crippen LogP contribution is -2.60. The number of carbonyl (C=O) groups is 1. The van der Waals surface area contributed by atoms with Crippen molar-refractivity contribution in [2.24, 2.45) is 11.8 Å². The van der Waals surface area contributed by atoms with Crippen LogP contribution in [0.5, 0.6) is 0 Å². The summed E-state index contributed by atoms with van der Waals surface area (Å²) in [5, 5.41) is 1.24. The number of hydrogen-bond donors (Lipinski definition) is 0. The van der Waals surface area contributed by atoms with Crippen molar-refractivity contribution < 1.29 is 4.79 Å². The molecule has 6 rings (SSSR count). The van der Waals surface area contributed by atoms with Gasteiger partial charge in [-0.2, -0.15) is 0 Å². The molecule has 4 heteroatoms. The van der Waals surface area contributed by atoms with E-state index < -0.39 is 0 Å². The van der Waals surface area contributed by atoms with E-state index in [1.807, 2.05) is 0 Å². The number of nitrogens with zero attached hydrogens (tertiary/aromatic N) is 3. The van der Waals surface area contributed by atoms with E-state index in [2.05, 4.69) is 64.8 Å². The second kappa shape index (κ2) is 8.06. The van der Waals surface area contributed by atoms with Gasteiger partial charge in [0.25, 0.3) is 0 Å². The molecule has 170 valence electrons. The molecule has 4 atom stereocenters. The standard InChI is InChI=1S/C28H37N3O/c1-19(2)31-18-22(24-9-3-4-11-26(24)31)16-27(32)30-13-7-8-20-14-21-15-23(28(20)30)17-29-12-6-5-10-25(21)29/h3-4,9,11,14,18-19,21,23,25,28H,5-8,10,12-13,15-17H2,1-2H3/t21-,23+,25?,28?/m1/s1. The van der Waals surface area contributed by atoms with Gasteiger partial charge < -0.3 is 9.47 Å². The normalized spacial score (nSPS) is 30.2. The molecule has 0 spiro atoms. The van der Waals surface area contributed by atoms with Gasteiger partial charge in [-0.3, -0.25) is 9.69 Å². The largest absolute Gasteiger partial charge is 0.345 e. The molecular formula is C28H37N3O. The van der Waals surface area contributed by atoms with Crippen LogP contribution in [-0.4, -0.2) is 52.0 Å². The van der Waals surface area contributed by atoms with Crippen molar-refractivity contribution in [1.82, 2.24) is 14.4 Å². The topological polar surface area (TPSA) is 28.5 Å². The van der Waals surface area contributed by atoms with Gasteiger partial charge in [-0.25, -0.2) is 0 Å². The van der Waals surface area contributed by atoms with Crippen molar-refractivity contribution in [2.75, 3.05) is 19.6 Å². The van der Waals surface area contributed by atoms with Crippen molar-refractivity contribution >= 4 is 16.8 Å². The number of benzene rings is 1. The van der Waals surface area contributed by atoms with Gasteiger partial charge in [0.1, 0.15) is 0 Å². The van der Waals surface area contributed by atoms with Gasteiger partial charge in [-0.15, -0.1) is 0 Å². The number of likely N-dealkylation sites (tertiary alicyclic amines) is 1. The van der Waals surface area contributed by atoms with Crippen LogP contribution in [0.4, 0.5) is 0 Å². The van der Waals surface area contributed by atoms with E-state index in [9.17, 15) is 4.79 Å². The Morgan fingerprint density at radius 1 is 1.12 bits per heavy atom. The first-order chi connectivity index (χ1) is 15.6. The summed E-state index contributed by atoms with van der Waals surface area (Å²) in [6, 6.07) is 10.1. The van der Waals surface area contributed by atoms with Crippen LogP contribution < -0.4 is 0 Å². The Hall–Kier alpha value is -2.07. The maximum atomic E-state index is 13.8. The molecule has 0 N–H and O–H groups in total. The first-order valence-corrected chi connectivity index (χ1v) is 12.9. The van der Waals surface area contributed by atoms with E-state index in [1.54, 1.807) is 5.57 Å². The number of rotatable bonds is 3. The highest BCUT2D eigenvalue weighted by molar-refractivity contribution is 5.89. The zero-order valence-corrected chi connectivity index (χ0v) is 19.7. The van der Waals surface area contributed by atoms with Gasteiger partial charge in [-0.05, 0) is 76.0 Å². The Morgan fingerprint density at radius 3 is 2.88 bits per heavy atom. The van der Waals surface area contributed by atoms with Crippen LogP contribution in [0.15, 0.2) is 42.1 Å². The molecular weight excluding hydrogens is 394 g/mol. The molecule has 2 unspecified atom stereocenters. The monoisotopic (exact) mass is 431 g/mol. The second-order valence-corrected chi connectivity index (χ2v) is 10.9. The number of fused-ring (bicyclic) bond motifs is 7. The van der Waals surface area contributed by atoms with E-state index in [0.717, 1.165) is 24.9 Å². The molecule has 2 bridgehead atoms. The third-order valence-electron chi connectivity index (χ3n) is 8.70. The molecule has 1 aliphatic carbocycles. The molecule has 32 heavy (non-hydrogen) atoms. The maximum absolute atomic E-state index is 13.8. The molecule has 1 aromatic heterocycles. The third kappa shape index (κ3) is 3.34. The third-order valence-corrected chi connectivity index (χ3v) is 8.70. The van der Waals surface area contributed by atoms with E-state index in [-0.39, 0.29) is 0 Å². The van der Waals surface area contributed by atoms with Gasteiger partial charge >= 0.3 is 0 Å². The molecule has 0 saturated carbocycles. The van der Waals surface area contributed by atoms with Crippen LogP contribution in [-0.2, 0) is 11.2 Å². The Morgan fingerprint density at radius 2 is 2.00 bits per heavy atom.